The average Bonchev–Trinajstić information content (AvgIpc) is 3.12. The van der Waals surface area contributed by atoms with Gasteiger partial charge in [0.25, 0.3) is 0 Å². The molecule has 0 saturated heterocycles. The summed E-state index contributed by atoms with van der Waals surface area (Å²) >= 11 is 0. The molecule has 0 saturated carbocycles. The molecule has 2 aromatic rings. The molecule has 1 aromatic heterocycles. The van der Waals surface area contributed by atoms with Gasteiger partial charge in [0.05, 0.1) is 17.5 Å². The average molecular weight is 336 g/mol. The quantitative estimate of drug-likeness (QED) is 0.866. The topological polar surface area (TPSA) is 97.0 Å². The highest BCUT2D eigenvalue weighted by Crippen LogP contribution is 2.29. The molecule has 0 radical (unpaired) electrons. The van der Waals surface area contributed by atoms with Gasteiger partial charge in [-0.15, -0.1) is 0 Å². The Kier molecular flexibility index (Phi) is 4.11. The zero-order valence-electron chi connectivity index (χ0n) is 13.3. The van der Waals surface area contributed by atoms with E-state index in [1.165, 1.54) is 0 Å². The Labute approximate surface area is 135 Å². The van der Waals surface area contributed by atoms with Gasteiger partial charge in [-0.3, -0.25) is 5.10 Å². The summed E-state index contributed by atoms with van der Waals surface area (Å²) in [6, 6.07) is 4.45. The SMILES string of the molecule is Cc1nc(C(NS(=O)(=O)c2ccc3c(c2)CCO3)C(C)C)n[nH]1. The molecule has 7 nitrogen and oxygen atoms in total. The maximum Gasteiger partial charge on any atom is 0.241 e. The van der Waals surface area contributed by atoms with E-state index in [0.29, 0.717) is 18.3 Å². The number of nitrogens with zero attached hydrogens (tertiary/aromatic N) is 2. The molecule has 1 aliphatic heterocycles. The van der Waals surface area contributed by atoms with Crippen LogP contribution in [0.1, 0.15) is 37.1 Å². The second-order valence-corrected chi connectivity index (χ2v) is 7.70. The van der Waals surface area contributed by atoms with Crippen molar-refractivity contribution in [3.63, 3.8) is 0 Å². The van der Waals surface area contributed by atoms with Crippen LogP contribution in [0.5, 0.6) is 5.75 Å². The van der Waals surface area contributed by atoms with Crippen LogP contribution in [0.25, 0.3) is 0 Å². The first-order valence-corrected chi connectivity index (χ1v) is 9.02. The summed E-state index contributed by atoms with van der Waals surface area (Å²) < 4.78 is 33.6. The number of sulfonamides is 1. The molecule has 1 unspecified atom stereocenters. The van der Waals surface area contributed by atoms with Gasteiger partial charge in [0.1, 0.15) is 11.6 Å². The smallest absolute Gasteiger partial charge is 0.241 e. The normalized spacial score (nSPS) is 15.5. The van der Waals surface area contributed by atoms with Gasteiger partial charge in [-0.25, -0.2) is 18.1 Å². The fraction of sp³-hybridized carbons (Fsp3) is 0.467. The maximum atomic E-state index is 12.7. The Balaban J connectivity index is 1.89. The third-order valence-corrected chi connectivity index (χ3v) is 5.25. The van der Waals surface area contributed by atoms with E-state index >= 15 is 0 Å². The lowest BCUT2D eigenvalue weighted by Gasteiger charge is -2.19. The van der Waals surface area contributed by atoms with Crippen molar-refractivity contribution in [1.29, 1.82) is 0 Å². The Morgan fingerprint density at radius 2 is 2.13 bits per heavy atom. The van der Waals surface area contributed by atoms with Crippen molar-refractivity contribution in [2.45, 2.75) is 38.1 Å². The number of aromatic nitrogens is 3. The number of hydrogen-bond acceptors (Lipinski definition) is 5. The Hall–Kier alpha value is -1.93. The molecule has 2 heterocycles. The van der Waals surface area contributed by atoms with Crippen molar-refractivity contribution >= 4 is 10.0 Å². The molecule has 23 heavy (non-hydrogen) atoms. The fourth-order valence-corrected chi connectivity index (χ4v) is 3.94. The molecule has 124 valence electrons. The van der Waals surface area contributed by atoms with E-state index in [1.807, 2.05) is 13.8 Å². The van der Waals surface area contributed by atoms with Crippen LogP contribution >= 0.6 is 0 Å². The fourth-order valence-electron chi connectivity index (χ4n) is 2.55. The van der Waals surface area contributed by atoms with Crippen molar-refractivity contribution in [2.75, 3.05) is 6.61 Å². The van der Waals surface area contributed by atoms with Gasteiger partial charge in [0.2, 0.25) is 10.0 Å². The summed E-state index contributed by atoms with van der Waals surface area (Å²) in [5, 5.41) is 6.84. The number of aryl methyl sites for hydroxylation is 1. The van der Waals surface area contributed by atoms with Crippen LogP contribution in [0.2, 0.25) is 0 Å². The lowest BCUT2D eigenvalue weighted by atomic mass is 10.1. The molecule has 0 bridgehead atoms. The number of nitrogens with one attached hydrogen (secondary N) is 2. The number of H-pyrrole nitrogens is 1. The largest absolute Gasteiger partial charge is 0.493 e. The molecule has 0 amide bonds. The molecule has 0 aliphatic carbocycles. The van der Waals surface area contributed by atoms with Crippen LogP contribution < -0.4 is 9.46 Å². The summed E-state index contributed by atoms with van der Waals surface area (Å²) in [5.74, 6) is 1.87. The van der Waals surface area contributed by atoms with E-state index in [1.54, 1.807) is 25.1 Å². The molecule has 8 heteroatoms. The van der Waals surface area contributed by atoms with E-state index in [4.69, 9.17) is 4.74 Å². The van der Waals surface area contributed by atoms with Gasteiger partial charge >= 0.3 is 0 Å². The van der Waals surface area contributed by atoms with E-state index < -0.39 is 16.1 Å². The number of rotatable bonds is 5. The van der Waals surface area contributed by atoms with E-state index in [0.717, 1.165) is 17.7 Å². The van der Waals surface area contributed by atoms with Gasteiger partial charge < -0.3 is 4.74 Å². The monoisotopic (exact) mass is 336 g/mol. The van der Waals surface area contributed by atoms with Crippen LogP contribution in [0.4, 0.5) is 0 Å². The Morgan fingerprint density at radius 1 is 1.35 bits per heavy atom. The second kappa shape index (κ2) is 5.93. The van der Waals surface area contributed by atoms with E-state index in [9.17, 15) is 8.42 Å². The van der Waals surface area contributed by atoms with Gasteiger partial charge in [-0.2, -0.15) is 5.10 Å². The molecule has 1 atom stereocenters. The molecule has 1 aliphatic rings. The Morgan fingerprint density at radius 3 is 2.78 bits per heavy atom. The lowest BCUT2D eigenvalue weighted by Crippen LogP contribution is -2.32. The number of benzene rings is 1. The molecule has 0 spiro atoms. The first-order chi connectivity index (χ1) is 10.9. The standard InChI is InChI=1S/C15H20N4O3S/c1-9(2)14(15-16-10(3)17-18-15)19-23(20,21)12-4-5-13-11(8-12)6-7-22-13/h4-5,8-9,14,19H,6-7H2,1-3H3,(H,16,17,18). The number of ether oxygens (including phenoxy) is 1. The molecular weight excluding hydrogens is 316 g/mol. The third-order valence-electron chi connectivity index (χ3n) is 3.81. The van der Waals surface area contributed by atoms with Gasteiger partial charge in [-0.1, -0.05) is 13.8 Å². The minimum Gasteiger partial charge on any atom is -0.493 e. The number of fused-ring (bicyclic) bond motifs is 1. The van der Waals surface area contributed by atoms with Crippen molar-refractivity contribution < 1.29 is 13.2 Å². The van der Waals surface area contributed by atoms with Gasteiger partial charge in [-0.05, 0) is 36.6 Å². The van der Waals surface area contributed by atoms with Crippen molar-refractivity contribution in [2.24, 2.45) is 5.92 Å². The highest BCUT2D eigenvalue weighted by atomic mass is 32.2. The molecule has 3 rings (SSSR count). The van der Waals surface area contributed by atoms with Crippen LogP contribution in [0.3, 0.4) is 0 Å². The molecular formula is C15H20N4O3S. The maximum absolute atomic E-state index is 12.7. The summed E-state index contributed by atoms with van der Waals surface area (Å²) in [6.45, 7) is 6.23. The minimum atomic E-state index is -3.66. The molecule has 2 N–H and O–H groups in total. The van der Waals surface area contributed by atoms with Crippen LogP contribution in [0.15, 0.2) is 23.1 Å². The lowest BCUT2D eigenvalue weighted by molar-refractivity contribution is 0.356. The van der Waals surface area contributed by atoms with Crippen molar-refractivity contribution in [3.8, 4) is 5.75 Å². The summed E-state index contributed by atoms with van der Waals surface area (Å²) in [4.78, 5) is 4.49. The number of aromatic amines is 1. The second-order valence-electron chi connectivity index (χ2n) is 5.99. The molecule has 0 fully saturated rings. The van der Waals surface area contributed by atoms with Gasteiger partial charge in [0.15, 0.2) is 5.82 Å². The van der Waals surface area contributed by atoms with E-state index in [-0.39, 0.29) is 10.8 Å². The first kappa shape index (κ1) is 15.9. The highest BCUT2D eigenvalue weighted by Gasteiger charge is 2.27. The van der Waals surface area contributed by atoms with Gasteiger partial charge in [0, 0.05) is 6.42 Å². The first-order valence-electron chi connectivity index (χ1n) is 7.54. The highest BCUT2D eigenvalue weighted by molar-refractivity contribution is 7.89. The zero-order chi connectivity index (χ0) is 16.6. The Bertz CT molecular complexity index is 814. The van der Waals surface area contributed by atoms with Crippen LogP contribution in [-0.4, -0.2) is 30.2 Å². The summed E-state index contributed by atoms with van der Waals surface area (Å²) in [6.07, 6.45) is 0.729. The predicted octanol–water partition coefficient (Wildman–Crippen LogP) is 1.72. The van der Waals surface area contributed by atoms with Crippen molar-refractivity contribution in [3.05, 3.63) is 35.4 Å². The molecule has 1 aromatic carbocycles. The summed E-state index contributed by atoms with van der Waals surface area (Å²) in [7, 11) is -3.66. The summed E-state index contributed by atoms with van der Waals surface area (Å²) in [5.41, 5.74) is 0.919. The van der Waals surface area contributed by atoms with Crippen LogP contribution in [-0.2, 0) is 16.4 Å². The van der Waals surface area contributed by atoms with Crippen LogP contribution in [0, 0.1) is 12.8 Å². The predicted molar refractivity (Wildman–Crippen MR) is 84.7 cm³/mol. The minimum absolute atomic E-state index is 0.0118. The van der Waals surface area contributed by atoms with Crippen molar-refractivity contribution in [1.82, 2.24) is 19.9 Å². The van der Waals surface area contributed by atoms with E-state index in [2.05, 4.69) is 19.9 Å². The number of hydrogen-bond donors (Lipinski definition) is 2. The zero-order valence-corrected chi connectivity index (χ0v) is 14.1. The third kappa shape index (κ3) is 3.23.